The SMILES string of the molecule is CC(C)CN1NNc2cc(-c3nc4c(Br)cccc4o3)ccc21. The third-order valence-electron chi connectivity index (χ3n) is 3.78. The molecule has 0 fully saturated rings. The van der Waals surface area contributed by atoms with Crippen LogP contribution in [0.2, 0.25) is 0 Å². The molecule has 1 aliphatic rings. The summed E-state index contributed by atoms with van der Waals surface area (Å²) in [4.78, 5) is 4.60. The van der Waals surface area contributed by atoms with Crippen LogP contribution in [0.4, 0.5) is 11.4 Å². The third-order valence-corrected chi connectivity index (χ3v) is 4.42. The summed E-state index contributed by atoms with van der Waals surface area (Å²) in [5, 5.41) is 2.12. The number of aromatic nitrogens is 1. The molecule has 2 aromatic carbocycles. The fourth-order valence-electron chi connectivity index (χ4n) is 2.74. The van der Waals surface area contributed by atoms with Gasteiger partial charge in [0.1, 0.15) is 5.52 Å². The molecule has 0 radical (unpaired) electrons. The van der Waals surface area contributed by atoms with E-state index in [1.54, 1.807) is 0 Å². The number of anilines is 2. The number of rotatable bonds is 3. The van der Waals surface area contributed by atoms with Crippen LogP contribution in [-0.2, 0) is 0 Å². The van der Waals surface area contributed by atoms with Crippen LogP contribution in [0.25, 0.3) is 22.6 Å². The number of fused-ring (bicyclic) bond motifs is 2. The number of hydrogen-bond donors (Lipinski definition) is 2. The lowest BCUT2D eigenvalue weighted by molar-refractivity contribution is 0.584. The van der Waals surface area contributed by atoms with Crippen molar-refractivity contribution in [3.8, 4) is 11.5 Å². The maximum absolute atomic E-state index is 5.88. The normalized spacial score (nSPS) is 13.7. The molecule has 0 atom stereocenters. The smallest absolute Gasteiger partial charge is 0.227 e. The molecule has 2 heterocycles. The highest BCUT2D eigenvalue weighted by Gasteiger charge is 2.20. The number of para-hydroxylation sites is 1. The minimum Gasteiger partial charge on any atom is -0.436 e. The summed E-state index contributed by atoms with van der Waals surface area (Å²) in [5.74, 6) is 1.20. The molecular weight excluding hydrogens is 356 g/mol. The van der Waals surface area contributed by atoms with Crippen molar-refractivity contribution in [1.29, 1.82) is 0 Å². The number of hydrazine groups is 2. The van der Waals surface area contributed by atoms with Gasteiger partial charge in [0.2, 0.25) is 5.89 Å². The summed E-state index contributed by atoms with van der Waals surface area (Å²) < 4.78 is 6.82. The van der Waals surface area contributed by atoms with Gasteiger partial charge in [-0.1, -0.05) is 19.9 Å². The van der Waals surface area contributed by atoms with Gasteiger partial charge in [0.05, 0.1) is 11.4 Å². The van der Waals surface area contributed by atoms with Crippen LogP contribution in [0.15, 0.2) is 45.3 Å². The number of hydrogen-bond acceptors (Lipinski definition) is 5. The van der Waals surface area contributed by atoms with E-state index in [2.05, 4.69) is 62.9 Å². The number of benzene rings is 2. The minimum atomic E-state index is 0.573. The molecule has 1 aromatic heterocycles. The first-order valence-electron chi connectivity index (χ1n) is 7.60. The molecule has 1 aliphatic heterocycles. The lowest BCUT2D eigenvalue weighted by atomic mass is 10.1. The van der Waals surface area contributed by atoms with E-state index >= 15 is 0 Å². The fourth-order valence-corrected chi connectivity index (χ4v) is 3.18. The predicted octanol–water partition coefficient (Wildman–Crippen LogP) is 4.56. The maximum atomic E-state index is 5.88. The van der Waals surface area contributed by atoms with Gasteiger partial charge in [-0.2, -0.15) is 0 Å². The summed E-state index contributed by atoms with van der Waals surface area (Å²) in [6.07, 6.45) is 0. The Kier molecular flexibility index (Phi) is 3.50. The molecule has 0 saturated heterocycles. The molecule has 0 bridgehead atoms. The zero-order valence-corrected chi connectivity index (χ0v) is 14.5. The largest absolute Gasteiger partial charge is 0.436 e. The van der Waals surface area contributed by atoms with Gasteiger partial charge in [-0.05, 0) is 52.2 Å². The fraction of sp³-hybridized carbons (Fsp3) is 0.235. The Bertz CT molecular complexity index is 874. The first-order chi connectivity index (χ1) is 11.1. The van der Waals surface area contributed by atoms with E-state index in [4.69, 9.17) is 4.42 Å². The molecule has 0 unspecified atom stereocenters. The topological polar surface area (TPSA) is 53.3 Å². The van der Waals surface area contributed by atoms with Crippen molar-refractivity contribution in [3.05, 3.63) is 40.9 Å². The molecule has 4 rings (SSSR count). The van der Waals surface area contributed by atoms with Crippen molar-refractivity contribution in [2.45, 2.75) is 13.8 Å². The Hall–Kier alpha value is -2.05. The highest BCUT2D eigenvalue weighted by Crippen LogP contribution is 2.35. The quantitative estimate of drug-likeness (QED) is 0.705. The first kappa shape index (κ1) is 14.5. The summed E-state index contributed by atoms with van der Waals surface area (Å²) >= 11 is 3.51. The molecule has 6 heteroatoms. The first-order valence-corrected chi connectivity index (χ1v) is 8.40. The van der Waals surface area contributed by atoms with Crippen molar-refractivity contribution in [1.82, 2.24) is 10.5 Å². The maximum Gasteiger partial charge on any atom is 0.227 e. The Morgan fingerprint density at radius 1 is 1.26 bits per heavy atom. The molecule has 0 aliphatic carbocycles. The Morgan fingerprint density at radius 3 is 2.91 bits per heavy atom. The number of oxazole rings is 1. The average Bonchev–Trinajstić information content (AvgIpc) is 3.12. The molecule has 23 heavy (non-hydrogen) atoms. The van der Waals surface area contributed by atoms with Crippen LogP contribution < -0.4 is 16.0 Å². The molecular formula is C17H17BrN4O. The van der Waals surface area contributed by atoms with Gasteiger partial charge in [0.25, 0.3) is 0 Å². The van der Waals surface area contributed by atoms with Crippen molar-refractivity contribution < 1.29 is 4.42 Å². The Labute approximate surface area is 142 Å². The van der Waals surface area contributed by atoms with Gasteiger partial charge in [-0.25, -0.2) is 4.98 Å². The minimum absolute atomic E-state index is 0.573. The van der Waals surface area contributed by atoms with Gasteiger partial charge in [0, 0.05) is 16.6 Å². The van der Waals surface area contributed by atoms with Crippen LogP contribution >= 0.6 is 15.9 Å². The molecule has 0 spiro atoms. The van der Waals surface area contributed by atoms with Crippen LogP contribution in [-0.4, -0.2) is 11.5 Å². The van der Waals surface area contributed by atoms with E-state index in [0.717, 1.165) is 39.1 Å². The number of halogens is 1. The molecule has 5 nitrogen and oxygen atoms in total. The van der Waals surface area contributed by atoms with Gasteiger partial charge in [-0.3, -0.25) is 5.01 Å². The molecule has 2 N–H and O–H groups in total. The predicted molar refractivity (Wildman–Crippen MR) is 96.1 cm³/mol. The van der Waals surface area contributed by atoms with E-state index in [1.165, 1.54) is 0 Å². The second-order valence-corrected chi connectivity index (χ2v) is 6.93. The van der Waals surface area contributed by atoms with Crippen molar-refractivity contribution in [2.24, 2.45) is 5.92 Å². The average molecular weight is 373 g/mol. The number of nitrogens with one attached hydrogen (secondary N) is 2. The van der Waals surface area contributed by atoms with E-state index in [9.17, 15) is 0 Å². The van der Waals surface area contributed by atoms with Gasteiger partial charge in [-0.15, -0.1) is 5.53 Å². The molecule has 3 aromatic rings. The Balaban J connectivity index is 1.71. The lowest BCUT2D eigenvalue weighted by Gasteiger charge is -2.19. The van der Waals surface area contributed by atoms with E-state index in [1.807, 2.05) is 24.3 Å². The summed E-state index contributed by atoms with van der Waals surface area (Å²) in [6, 6.07) is 12.0. The zero-order valence-electron chi connectivity index (χ0n) is 12.9. The summed E-state index contributed by atoms with van der Waals surface area (Å²) in [6.45, 7) is 5.34. The zero-order chi connectivity index (χ0) is 16.0. The van der Waals surface area contributed by atoms with Crippen LogP contribution in [0.1, 0.15) is 13.8 Å². The van der Waals surface area contributed by atoms with Crippen LogP contribution in [0.3, 0.4) is 0 Å². The summed E-state index contributed by atoms with van der Waals surface area (Å²) in [7, 11) is 0. The highest BCUT2D eigenvalue weighted by molar-refractivity contribution is 9.10. The standard InChI is InChI=1S/C17H17BrN4O/c1-10(2)9-22-14-7-6-11(8-13(14)20-21-22)17-19-16-12(18)4-3-5-15(16)23-17/h3-8,10,20-21H,9H2,1-2H3. The number of nitrogens with zero attached hydrogens (tertiary/aromatic N) is 2. The van der Waals surface area contributed by atoms with Crippen LogP contribution in [0.5, 0.6) is 0 Å². The van der Waals surface area contributed by atoms with E-state index in [-0.39, 0.29) is 0 Å². The Morgan fingerprint density at radius 2 is 2.13 bits per heavy atom. The monoisotopic (exact) mass is 372 g/mol. The molecule has 118 valence electrons. The van der Waals surface area contributed by atoms with Gasteiger partial charge in [0.15, 0.2) is 5.58 Å². The highest BCUT2D eigenvalue weighted by atomic mass is 79.9. The van der Waals surface area contributed by atoms with Crippen molar-refractivity contribution >= 4 is 38.4 Å². The van der Waals surface area contributed by atoms with Crippen molar-refractivity contribution in [2.75, 3.05) is 17.0 Å². The van der Waals surface area contributed by atoms with E-state index in [0.29, 0.717) is 11.8 Å². The van der Waals surface area contributed by atoms with Gasteiger partial charge >= 0.3 is 0 Å². The van der Waals surface area contributed by atoms with Gasteiger partial charge < -0.3 is 9.84 Å². The second kappa shape index (κ2) is 5.54. The van der Waals surface area contributed by atoms with Crippen LogP contribution in [0, 0.1) is 5.92 Å². The van der Waals surface area contributed by atoms with E-state index < -0.39 is 0 Å². The lowest BCUT2D eigenvalue weighted by Crippen LogP contribution is -2.38. The second-order valence-electron chi connectivity index (χ2n) is 6.08. The van der Waals surface area contributed by atoms with Crippen molar-refractivity contribution in [3.63, 3.8) is 0 Å². The molecule has 0 amide bonds. The summed E-state index contributed by atoms with van der Waals surface area (Å²) in [5.41, 5.74) is 11.1. The third kappa shape index (κ3) is 2.58. The molecule has 0 saturated carbocycles.